The molecule has 6 heteroatoms. The van der Waals surface area contributed by atoms with E-state index in [-0.39, 0.29) is 5.69 Å². The fourth-order valence-corrected chi connectivity index (χ4v) is 1.97. The first kappa shape index (κ1) is 14.6. The Morgan fingerprint density at radius 2 is 1.65 bits per heavy atom. The van der Waals surface area contributed by atoms with Gasteiger partial charge in [0.15, 0.2) is 0 Å². The van der Waals surface area contributed by atoms with Crippen LogP contribution in [0, 0.1) is 0 Å². The number of benzene rings is 2. The Labute approximate surface area is 122 Å². The van der Waals surface area contributed by atoms with Gasteiger partial charge in [0, 0.05) is 10.0 Å². The van der Waals surface area contributed by atoms with Crippen molar-refractivity contribution in [2.24, 2.45) is 5.10 Å². The minimum atomic E-state index is -4.41. The minimum Gasteiger partial charge on any atom is -0.278 e. The van der Waals surface area contributed by atoms with Crippen molar-refractivity contribution in [1.29, 1.82) is 0 Å². The molecule has 0 heterocycles. The lowest BCUT2D eigenvalue weighted by molar-refractivity contribution is -0.136. The fraction of sp³-hybridized carbons (Fsp3) is 0.0714. The van der Waals surface area contributed by atoms with Crippen molar-refractivity contribution in [2.45, 2.75) is 6.18 Å². The van der Waals surface area contributed by atoms with Crippen molar-refractivity contribution < 1.29 is 13.2 Å². The Balaban J connectivity index is 2.18. The predicted octanol–water partition coefficient (Wildman–Crippen LogP) is 4.91. The molecule has 0 spiro atoms. The molecule has 0 atom stereocenters. The van der Waals surface area contributed by atoms with Crippen LogP contribution in [0.3, 0.4) is 0 Å². The molecule has 0 aromatic heterocycles. The number of anilines is 1. The average molecular weight is 343 g/mol. The van der Waals surface area contributed by atoms with Crippen LogP contribution in [0.15, 0.2) is 58.1 Å². The lowest BCUT2D eigenvalue weighted by Crippen LogP contribution is -2.08. The largest absolute Gasteiger partial charge is 0.418 e. The van der Waals surface area contributed by atoms with Crippen molar-refractivity contribution in [2.75, 3.05) is 5.43 Å². The number of hydrogen-bond donors (Lipinski definition) is 1. The van der Waals surface area contributed by atoms with Crippen molar-refractivity contribution in [3.8, 4) is 0 Å². The van der Waals surface area contributed by atoms with Gasteiger partial charge in [0.25, 0.3) is 0 Å². The SMILES string of the molecule is FC(F)(F)c1ccccc1NN=Cc1ccccc1Br. The van der Waals surface area contributed by atoms with Gasteiger partial charge < -0.3 is 0 Å². The number of rotatable bonds is 3. The second-order valence-corrected chi connectivity index (χ2v) is 4.79. The molecule has 0 bridgehead atoms. The molecule has 0 aliphatic rings. The molecule has 2 nitrogen and oxygen atoms in total. The first-order chi connectivity index (χ1) is 9.48. The predicted molar refractivity (Wildman–Crippen MR) is 76.8 cm³/mol. The molecule has 2 rings (SSSR count). The molecule has 1 N–H and O–H groups in total. The molecule has 0 saturated carbocycles. The average Bonchev–Trinajstić information content (AvgIpc) is 2.40. The maximum atomic E-state index is 12.8. The van der Waals surface area contributed by atoms with E-state index >= 15 is 0 Å². The Kier molecular flexibility index (Phi) is 4.44. The maximum Gasteiger partial charge on any atom is 0.418 e. The summed E-state index contributed by atoms with van der Waals surface area (Å²) < 4.78 is 39.1. The van der Waals surface area contributed by atoms with Gasteiger partial charge in [0.05, 0.1) is 17.5 Å². The van der Waals surface area contributed by atoms with E-state index in [0.29, 0.717) is 0 Å². The zero-order valence-corrected chi connectivity index (χ0v) is 11.7. The van der Waals surface area contributed by atoms with Gasteiger partial charge in [0.2, 0.25) is 0 Å². The molecule has 0 fully saturated rings. The molecular weight excluding hydrogens is 333 g/mol. The van der Waals surface area contributed by atoms with Crippen LogP contribution in [0.1, 0.15) is 11.1 Å². The summed E-state index contributed by atoms with van der Waals surface area (Å²) in [6, 6.07) is 12.5. The highest BCUT2D eigenvalue weighted by Crippen LogP contribution is 2.34. The van der Waals surface area contributed by atoms with Crippen molar-refractivity contribution in [3.05, 3.63) is 64.1 Å². The lowest BCUT2D eigenvalue weighted by atomic mass is 10.2. The number of para-hydroxylation sites is 1. The third-order valence-electron chi connectivity index (χ3n) is 2.53. The van der Waals surface area contributed by atoms with E-state index in [1.165, 1.54) is 24.4 Å². The summed E-state index contributed by atoms with van der Waals surface area (Å²) in [5.74, 6) is 0. The second kappa shape index (κ2) is 6.09. The number of nitrogens with one attached hydrogen (secondary N) is 1. The number of hydrazone groups is 1. The van der Waals surface area contributed by atoms with Gasteiger partial charge in [-0.1, -0.05) is 46.3 Å². The first-order valence-electron chi connectivity index (χ1n) is 5.68. The van der Waals surface area contributed by atoms with Gasteiger partial charge in [-0.2, -0.15) is 18.3 Å². The highest BCUT2D eigenvalue weighted by molar-refractivity contribution is 9.10. The van der Waals surface area contributed by atoms with Gasteiger partial charge in [-0.15, -0.1) is 0 Å². The van der Waals surface area contributed by atoms with Crippen molar-refractivity contribution in [1.82, 2.24) is 0 Å². The van der Waals surface area contributed by atoms with Gasteiger partial charge in [-0.25, -0.2) is 0 Å². The highest BCUT2D eigenvalue weighted by Gasteiger charge is 2.33. The van der Waals surface area contributed by atoms with E-state index in [9.17, 15) is 13.2 Å². The Morgan fingerprint density at radius 3 is 2.35 bits per heavy atom. The van der Waals surface area contributed by atoms with E-state index in [2.05, 4.69) is 26.5 Å². The van der Waals surface area contributed by atoms with Crippen LogP contribution < -0.4 is 5.43 Å². The molecule has 104 valence electrons. The normalized spacial score (nSPS) is 11.8. The number of halogens is 4. The third kappa shape index (κ3) is 3.60. The van der Waals surface area contributed by atoms with Gasteiger partial charge in [-0.05, 0) is 18.2 Å². The summed E-state index contributed by atoms with van der Waals surface area (Å²) in [7, 11) is 0. The second-order valence-electron chi connectivity index (χ2n) is 3.93. The summed E-state index contributed by atoms with van der Waals surface area (Å²) in [4.78, 5) is 0. The molecule has 0 saturated heterocycles. The minimum absolute atomic E-state index is 0.0803. The number of hydrogen-bond acceptors (Lipinski definition) is 2. The van der Waals surface area contributed by atoms with Gasteiger partial charge in [-0.3, -0.25) is 5.43 Å². The zero-order chi connectivity index (χ0) is 14.6. The van der Waals surface area contributed by atoms with Gasteiger partial charge in [0.1, 0.15) is 0 Å². The standard InChI is InChI=1S/C14H10BrF3N2/c15-12-7-3-1-5-10(12)9-19-20-13-8-4-2-6-11(13)14(16,17)18/h1-9,20H. The summed E-state index contributed by atoms with van der Waals surface area (Å²) in [6.45, 7) is 0. The summed E-state index contributed by atoms with van der Waals surface area (Å²) >= 11 is 3.33. The fourth-order valence-electron chi connectivity index (χ4n) is 1.58. The third-order valence-corrected chi connectivity index (χ3v) is 3.25. The van der Waals surface area contributed by atoms with E-state index in [1.54, 1.807) is 6.07 Å². The van der Waals surface area contributed by atoms with E-state index in [0.717, 1.165) is 16.1 Å². The molecule has 0 unspecified atom stereocenters. The Hall–Kier alpha value is -1.82. The van der Waals surface area contributed by atoms with Crippen LogP contribution in [-0.4, -0.2) is 6.21 Å². The molecule has 20 heavy (non-hydrogen) atoms. The Morgan fingerprint density at radius 1 is 1.00 bits per heavy atom. The van der Waals surface area contributed by atoms with Crippen molar-refractivity contribution in [3.63, 3.8) is 0 Å². The van der Waals surface area contributed by atoms with Crippen LogP contribution in [0.4, 0.5) is 18.9 Å². The molecule has 0 aliphatic heterocycles. The summed E-state index contributed by atoms with van der Waals surface area (Å²) in [5, 5.41) is 3.84. The number of alkyl halides is 3. The topological polar surface area (TPSA) is 24.4 Å². The van der Waals surface area contributed by atoms with Crippen LogP contribution in [0.2, 0.25) is 0 Å². The first-order valence-corrected chi connectivity index (χ1v) is 6.47. The van der Waals surface area contributed by atoms with Crippen LogP contribution >= 0.6 is 15.9 Å². The zero-order valence-electron chi connectivity index (χ0n) is 10.2. The maximum absolute atomic E-state index is 12.8. The molecule has 2 aromatic carbocycles. The van der Waals surface area contributed by atoms with Gasteiger partial charge >= 0.3 is 6.18 Å². The molecule has 0 radical (unpaired) electrons. The van der Waals surface area contributed by atoms with Crippen LogP contribution in [0.5, 0.6) is 0 Å². The van der Waals surface area contributed by atoms with E-state index < -0.39 is 11.7 Å². The monoisotopic (exact) mass is 342 g/mol. The van der Waals surface area contributed by atoms with Crippen molar-refractivity contribution >= 4 is 27.8 Å². The Bertz CT molecular complexity index is 624. The van der Waals surface area contributed by atoms with E-state index in [4.69, 9.17) is 0 Å². The smallest absolute Gasteiger partial charge is 0.278 e. The number of nitrogens with zero attached hydrogens (tertiary/aromatic N) is 1. The quantitative estimate of drug-likeness (QED) is 0.621. The lowest BCUT2D eigenvalue weighted by Gasteiger charge is -2.11. The van der Waals surface area contributed by atoms with Crippen LogP contribution in [-0.2, 0) is 6.18 Å². The van der Waals surface area contributed by atoms with Crippen LogP contribution in [0.25, 0.3) is 0 Å². The molecular formula is C14H10BrF3N2. The molecule has 0 aliphatic carbocycles. The van der Waals surface area contributed by atoms with E-state index in [1.807, 2.05) is 18.2 Å². The highest BCUT2D eigenvalue weighted by atomic mass is 79.9. The molecule has 0 amide bonds. The molecule has 2 aromatic rings. The summed E-state index contributed by atoms with van der Waals surface area (Å²) in [6.07, 6.45) is -2.95. The summed E-state index contributed by atoms with van der Waals surface area (Å²) in [5.41, 5.74) is 2.37.